The van der Waals surface area contributed by atoms with Crippen molar-refractivity contribution in [2.24, 2.45) is 0 Å². The minimum atomic E-state index is -0.225. The molecule has 6 heteroatoms. The molecule has 1 amide bonds. The molecular formula is C23H23N3O2S. The topological polar surface area (TPSA) is 56.6 Å². The highest BCUT2D eigenvalue weighted by atomic mass is 32.2. The molecule has 0 bridgehead atoms. The fourth-order valence-corrected chi connectivity index (χ4v) is 4.98. The van der Waals surface area contributed by atoms with Gasteiger partial charge in [0.2, 0.25) is 5.91 Å². The summed E-state index contributed by atoms with van der Waals surface area (Å²) >= 11 is 1.56. The van der Waals surface area contributed by atoms with E-state index in [0.29, 0.717) is 24.5 Å². The number of fused-ring (bicyclic) bond motifs is 1. The first-order valence-electron chi connectivity index (χ1n) is 9.69. The van der Waals surface area contributed by atoms with Crippen molar-refractivity contribution >= 4 is 23.4 Å². The predicted octanol–water partition coefficient (Wildman–Crippen LogP) is 4.48. The lowest BCUT2D eigenvalue weighted by Gasteiger charge is -2.42. The number of aryl methyl sites for hydroxylation is 1. The van der Waals surface area contributed by atoms with Gasteiger partial charge in [-0.2, -0.15) is 5.26 Å². The van der Waals surface area contributed by atoms with Crippen LogP contribution in [0.5, 0.6) is 5.75 Å². The zero-order valence-electron chi connectivity index (χ0n) is 16.6. The smallest absolute Gasteiger partial charge is 0.229 e. The quantitative estimate of drug-likeness (QED) is 0.751. The zero-order chi connectivity index (χ0) is 20.4. The van der Waals surface area contributed by atoms with Crippen LogP contribution in [0.15, 0.2) is 59.1 Å². The number of anilines is 1. The van der Waals surface area contributed by atoms with Gasteiger partial charge < -0.3 is 9.64 Å². The van der Waals surface area contributed by atoms with E-state index in [-0.39, 0.29) is 11.8 Å². The number of ether oxygens (including phenoxy) is 1. The number of thioether (sulfide) groups is 1. The molecule has 1 unspecified atom stereocenters. The van der Waals surface area contributed by atoms with Crippen LogP contribution in [0.25, 0.3) is 0 Å². The van der Waals surface area contributed by atoms with E-state index in [2.05, 4.69) is 42.2 Å². The number of benzene rings is 2. The predicted molar refractivity (Wildman–Crippen MR) is 115 cm³/mol. The Bertz CT molecular complexity index is 994. The molecule has 0 spiro atoms. The van der Waals surface area contributed by atoms with E-state index >= 15 is 0 Å². The van der Waals surface area contributed by atoms with Crippen molar-refractivity contribution in [1.29, 1.82) is 5.26 Å². The van der Waals surface area contributed by atoms with Crippen molar-refractivity contribution in [1.82, 2.24) is 4.90 Å². The van der Waals surface area contributed by atoms with Gasteiger partial charge >= 0.3 is 0 Å². The molecule has 1 atom stereocenters. The average Bonchev–Trinajstić information content (AvgIpc) is 2.79. The summed E-state index contributed by atoms with van der Waals surface area (Å²) in [5, 5.41) is 10.7. The van der Waals surface area contributed by atoms with Gasteiger partial charge in [0.15, 0.2) is 0 Å². The fourth-order valence-electron chi connectivity index (χ4n) is 3.81. The Morgan fingerprint density at radius 3 is 2.72 bits per heavy atom. The van der Waals surface area contributed by atoms with Gasteiger partial charge in [-0.3, -0.25) is 9.69 Å². The number of amides is 1. The van der Waals surface area contributed by atoms with Crippen LogP contribution in [-0.4, -0.2) is 30.5 Å². The van der Waals surface area contributed by atoms with E-state index in [4.69, 9.17) is 4.74 Å². The molecule has 0 radical (unpaired) electrons. The van der Waals surface area contributed by atoms with Crippen LogP contribution in [0.4, 0.5) is 5.69 Å². The number of carbonyl (C=O) groups excluding carboxylic acids is 1. The lowest BCUT2D eigenvalue weighted by Crippen LogP contribution is -2.47. The number of carbonyl (C=O) groups is 1. The summed E-state index contributed by atoms with van der Waals surface area (Å²) in [6.07, 6.45) is 1.30. The van der Waals surface area contributed by atoms with E-state index in [1.165, 1.54) is 5.56 Å². The Morgan fingerprint density at radius 2 is 2.03 bits per heavy atom. The van der Waals surface area contributed by atoms with Gasteiger partial charge in [-0.1, -0.05) is 43.0 Å². The first-order valence-corrected chi connectivity index (χ1v) is 10.7. The monoisotopic (exact) mass is 405 g/mol. The summed E-state index contributed by atoms with van der Waals surface area (Å²) < 4.78 is 5.32. The van der Waals surface area contributed by atoms with Gasteiger partial charge in [-0.25, -0.2) is 0 Å². The van der Waals surface area contributed by atoms with Crippen LogP contribution in [0.3, 0.4) is 0 Å². The SMILES string of the molecule is CCc1ccc(N2CSC3=C(C#N)C(c4cccc(OC)c4)CC(=O)N3C2)cc1. The number of nitriles is 1. The molecule has 2 aromatic rings. The van der Waals surface area contributed by atoms with Gasteiger partial charge in [0.25, 0.3) is 0 Å². The van der Waals surface area contributed by atoms with Crippen LogP contribution >= 0.6 is 11.8 Å². The van der Waals surface area contributed by atoms with Crippen LogP contribution in [-0.2, 0) is 11.2 Å². The van der Waals surface area contributed by atoms with Crippen LogP contribution in [0, 0.1) is 11.3 Å². The molecule has 5 nitrogen and oxygen atoms in total. The molecule has 148 valence electrons. The number of allylic oxidation sites excluding steroid dienone is 1. The van der Waals surface area contributed by atoms with Gasteiger partial charge in [0, 0.05) is 18.0 Å². The number of rotatable bonds is 4. The summed E-state index contributed by atoms with van der Waals surface area (Å²) in [4.78, 5) is 17.0. The van der Waals surface area contributed by atoms with Crippen LogP contribution < -0.4 is 9.64 Å². The molecule has 0 N–H and O–H groups in total. The van der Waals surface area contributed by atoms with Crippen molar-refractivity contribution in [3.63, 3.8) is 0 Å². The first kappa shape index (κ1) is 19.4. The average molecular weight is 406 g/mol. The lowest BCUT2D eigenvalue weighted by molar-refractivity contribution is -0.129. The van der Waals surface area contributed by atoms with Crippen LogP contribution in [0.2, 0.25) is 0 Å². The van der Waals surface area contributed by atoms with Crippen molar-refractivity contribution < 1.29 is 9.53 Å². The van der Waals surface area contributed by atoms with E-state index in [1.807, 2.05) is 24.3 Å². The summed E-state index contributed by atoms with van der Waals surface area (Å²) in [7, 11) is 1.62. The Morgan fingerprint density at radius 1 is 1.24 bits per heavy atom. The number of hydrogen-bond acceptors (Lipinski definition) is 5. The number of nitrogens with zero attached hydrogens (tertiary/aromatic N) is 3. The summed E-state index contributed by atoms with van der Waals surface area (Å²) in [5.41, 5.74) is 4.00. The highest BCUT2D eigenvalue weighted by molar-refractivity contribution is 8.03. The molecule has 0 aliphatic carbocycles. The van der Waals surface area contributed by atoms with Gasteiger partial charge in [-0.05, 0) is 41.8 Å². The van der Waals surface area contributed by atoms with E-state index in [1.54, 1.807) is 23.8 Å². The maximum atomic E-state index is 13.0. The minimum Gasteiger partial charge on any atom is -0.497 e. The lowest BCUT2D eigenvalue weighted by atomic mass is 9.86. The molecule has 1 fully saturated rings. The summed E-state index contributed by atoms with van der Waals surface area (Å²) in [6.45, 7) is 2.61. The van der Waals surface area contributed by atoms with E-state index in [0.717, 1.165) is 28.5 Å². The molecule has 29 heavy (non-hydrogen) atoms. The van der Waals surface area contributed by atoms with Gasteiger partial charge in [-0.15, -0.1) is 0 Å². The van der Waals surface area contributed by atoms with Crippen molar-refractivity contribution in [3.05, 3.63) is 70.3 Å². The second kappa shape index (κ2) is 8.22. The molecule has 0 saturated carbocycles. The normalized spacial score (nSPS) is 19.1. The molecule has 1 saturated heterocycles. The van der Waals surface area contributed by atoms with E-state index in [9.17, 15) is 10.1 Å². The Labute approximate surface area is 175 Å². The second-order valence-corrected chi connectivity index (χ2v) is 8.09. The minimum absolute atomic E-state index is 0.0502. The molecule has 4 rings (SSSR count). The summed E-state index contributed by atoms with van der Waals surface area (Å²) in [5.74, 6) is 1.27. The van der Waals surface area contributed by atoms with Gasteiger partial charge in [0.05, 0.1) is 36.3 Å². The number of hydrogen-bond donors (Lipinski definition) is 0. The maximum Gasteiger partial charge on any atom is 0.229 e. The Kier molecular flexibility index (Phi) is 5.50. The molecule has 2 aliphatic heterocycles. The zero-order valence-corrected chi connectivity index (χ0v) is 17.4. The highest BCUT2D eigenvalue weighted by Gasteiger charge is 2.38. The third-order valence-corrected chi connectivity index (χ3v) is 6.65. The Hall–Kier alpha value is -2.91. The van der Waals surface area contributed by atoms with Crippen molar-refractivity contribution in [2.45, 2.75) is 25.7 Å². The molecular weight excluding hydrogens is 382 g/mol. The number of methoxy groups -OCH3 is 1. The molecule has 2 aliphatic rings. The third-order valence-electron chi connectivity index (χ3n) is 5.50. The standard InChI is InChI=1S/C23H23N3O2S/c1-3-16-7-9-18(10-8-16)25-14-26-22(27)12-20(21(13-24)23(26)29-15-25)17-5-4-6-19(11-17)28-2/h4-11,20H,3,12,14-15H2,1-2H3. The van der Waals surface area contributed by atoms with Crippen molar-refractivity contribution in [2.75, 3.05) is 24.6 Å². The molecule has 0 aromatic heterocycles. The fraction of sp³-hybridized carbons (Fsp3) is 0.304. The van der Waals surface area contributed by atoms with Crippen molar-refractivity contribution in [3.8, 4) is 11.8 Å². The van der Waals surface area contributed by atoms with E-state index < -0.39 is 0 Å². The van der Waals surface area contributed by atoms with Gasteiger partial charge in [0.1, 0.15) is 5.75 Å². The molecule has 2 aromatic carbocycles. The first-order chi connectivity index (χ1) is 14.1. The maximum absolute atomic E-state index is 13.0. The van der Waals surface area contributed by atoms with Crippen LogP contribution in [0.1, 0.15) is 30.4 Å². The highest BCUT2D eigenvalue weighted by Crippen LogP contribution is 2.43. The molecule has 2 heterocycles. The summed E-state index contributed by atoms with van der Waals surface area (Å²) in [6, 6.07) is 18.5. The Balaban J connectivity index is 1.63. The second-order valence-electron chi connectivity index (χ2n) is 7.16. The largest absolute Gasteiger partial charge is 0.497 e. The third kappa shape index (κ3) is 3.70.